The molecule has 0 spiro atoms. The predicted molar refractivity (Wildman–Crippen MR) is 117 cm³/mol. The molecule has 0 saturated carbocycles. The number of H-pyrrole nitrogens is 1. The van der Waals surface area contributed by atoms with Crippen molar-refractivity contribution in [1.82, 2.24) is 10.3 Å². The Balaban J connectivity index is 1.78. The van der Waals surface area contributed by atoms with Crippen LogP contribution in [-0.2, 0) is 5.41 Å². The van der Waals surface area contributed by atoms with Crippen LogP contribution < -0.4 is 15.8 Å². The zero-order valence-electron chi connectivity index (χ0n) is 17.0. The largest absolute Gasteiger partial charge is 0.496 e. The van der Waals surface area contributed by atoms with Crippen molar-refractivity contribution in [3.63, 3.8) is 0 Å². The van der Waals surface area contributed by atoms with Crippen molar-refractivity contribution in [3.8, 4) is 5.75 Å². The van der Waals surface area contributed by atoms with E-state index in [-0.39, 0.29) is 11.2 Å². The Labute approximate surface area is 169 Å². The molecule has 0 fully saturated rings. The average Bonchev–Trinajstić information content (AvgIpc) is 3.12. The highest BCUT2D eigenvalue weighted by molar-refractivity contribution is 6.20. The van der Waals surface area contributed by atoms with Crippen LogP contribution in [-0.4, -0.2) is 31.0 Å². The number of methoxy groups -OCH3 is 1. The van der Waals surface area contributed by atoms with Gasteiger partial charge in [-0.15, -0.1) is 0 Å². The lowest BCUT2D eigenvalue weighted by molar-refractivity contribution is 0.103. The van der Waals surface area contributed by atoms with Crippen LogP contribution in [0.3, 0.4) is 0 Å². The second-order valence-corrected chi connectivity index (χ2v) is 8.42. The zero-order chi connectivity index (χ0) is 20.3. The van der Waals surface area contributed by atoms with E-state index in [2.05, 4.69) is 30.2 Å². The monoisotopic (exact) mass is 387 g/mol. The first kappa shape index (κ1) is 18.0. The number of hydrogen-bond acceptors (Lipinski definition) is 4. The normalized spacial score (nSPS) is 17.6. The first-order chi connectivity index (χ1) is 13.9. The summed E-state index contributed by atoms with van der Waals surface area (Å²) < 4.78 is 5.76. The molecule has 5 rings (SSSR count). The number of nitrogens with one attached hydrogen (secondary N) is 2. The third-order valence-corrected chi connectivity index (χ3v) is 6.34. The Kier molecular flexibility index (Phi) is 3.87. The van der Waals surface area contributed by atoms with Crippen molar-refractivity contribution in [2.75, 3.05) is 25.9 Å². The maximum atomic E-state index is 13.7. The van der Waals surface area contributed by atoms with E-state index in [0.29, 0.717) is 5.69 Å². The van der Waals surface area contributed by atoms with E-state index < -0.39 is 0 Å². The molecular weight excluding hydrogens is 362 g/mol. The maximum absolute atomic E-state index is 13.7. The van der Waals surface area contributed by atoms with Gasteiger partial charge in [-0.25, -0.2) is 0 Å². The van der Waals surface area contributed by atoms with Crippen LogP contribution >= 0.6 is 0 Å². The van der Waals surface area contributed by atoms with Gasteiger partial charge < -0.3 is 20.8 Å². The predicted octanol–water partition coefficient (Wildman–Crippen LogP) is 4.01. The second-order valence-electron chi connectivity index (χ2n) is 8.42. The quantitative estimate of drug-likeness (QED) is 0.581. The summed E-state index contributed by atoms with van der Waals surface area (Å²) in [5, 5.41) is 4.27. The van der Waals surface area contributed by atoms with Crippen molar-refractivity contribution >= 4 is 27.9 Å². The molecule has 0 bridgehead atoms. The Hall–Kier alpha value is -3.05. The van der Waals surface area contributed by atoms with Gasteiger partial charge in [0.2, 0.25) is 0 Å². The second kappa shape index (κ2) is 6.22. The molecule has 2 heterocycles. The first-order valence-corrected chi connectivity index (χ1v) is 10.0. The molecule has 5 heteroatoms. The summed E-state index contributed by atoms with van der Waals surface area (Å²) in [6.07, 6.45) is 3.11. The molecule has 0 saturated heterocycles. The number of ether oxygens (including phenoxy) is 1. The molecule has 1 aliphatic carbocycles. The Morgan fingerprint density at radius 3 is 2.69 bits per heavy atom. The van der Waals surface area contributed by atoms with Crippen LogP contribution in [0.1, 0.15) is 53.0 Å². The molecule has 2 aliphatic rings. The number of aromatic nitrogens is 1. The molecular formula is C24H25N3O2. The fraction of sp³-hybridized carbons (Fsp3) is 0.292. The highest BCUT2D eigenvalue weighted by Crippen LogP contribution is 2.46. The molecule has 2 aromatic carbocycles. The van der Waals surface area contributed by atoms with Gasteiger partial charge >= 0.3 is 0 Å². The van der Waals surface area contributed by atoms with Gasteiger partial charge in [-0.05, 0) is 48.4 Å². The summed E-state index contributed by atoms with van der Waals surface area (Å²) in [5.74, 6) is 0.880. The van der Waals surface area contributed by atoms with Crippen LogP contribution in [0.4, 0.5) is 5.69 Å². The minimum atomic E-state index is -0.360. The Morgan fingerprint density at radius 2 is 1.97 bits per heavy atom. The molecule has 3 aromatic rings. The molecule has 29 heavy (non-hydrogen) atoms. The molecule has 5 nitrogen and oxygen atoms in total. The molecule has 0 amide bonds. The number of benzene rings is 2. The maximum Gasteiger partial charge on any atom is 0.195 e. The number of rotatable bonds is 2. The molecule has 1 aromatic heterocycles. The van der Waals surface area contributed by atoms with E-state index in [1.165, 1.54) is 5.57 Å². The lowest BCUT2D eigenvalue weighted by atomic mass is 9.70. The van der Waals surface area contributed by atoms with Gasteiger partial charge in [-0.1, -0.05) is 26.0 Å². The van der Waals surface area contributed by atoms with Crippen LogP contribution in [0.15, 0.2) is 36.4 Å². The van der Waals surface area contributed by atoms with E-state index >= 15 is 0 Å². The lowest BCUT2D eigenvalue weighted by Crippen LogP contribution is -2.30. The van der Waals surface area contributed by atoms with Gasteiger partial charge in [0, 0.05) is 45.4 Å². The molecule has 0 unspecified atom stereocenters. The van der Waals surface area contributed by atoms with Crippen molar-refractivity contribution in [1.29, 1.82) is 0 Å². The average molecular weight is 387 g/mol. The number of fused-ring (bicyclic) bond motifs is 4. The van der Waals surface area contributed by atoms with Gasteiger partial charge in [0.15, 0.2) is 5.78 Å². The van der Waals surface area contributed by atoms with Crippen molar-refractivity contribution in [3.05, 3.63) is 64.4 Å². The van der Waals surface area contributed by atoms with Crippen LogP contribution in [0.5, 0.6) is 5.75 Å². The first-order valence-electron chi connectivity index (χ1n) is 10.0. The van der Waals surface area contributed by atoms with Crippen LogP contribution in [0, 0.1) is 0 Å². The van der Waals surface area contributed by atoms with E-state index in [1.54, 1.807) is 7.11 Å². The number of nitrogen functional groups attached to an aromatic ring is 1. The van der Waals surface area contributed by atoms with Crippen LogP contribution in [0.2, 0.25) is 0 Å². The van der Waals surface area contributed by atoms with E-state index in [9.17, 15) is 4.79 Å². The summed E-state index contributed by atoms with van der Waals surface area (Å²) in [7, 11) is 1.70. The highest BCUT2D eigenvalue weighted by Gasteiger charge is 2.40. The number of anilines is 1. The highest BCUT2D eigenvalue weighted by atomic mass is 16.5. The fourth-order valence-corrected chi connectivity index (χ4v) is 4.76. The number of nitrogens with two attached hydrogens (primary N) is 1. The lowest BCUT2D eigenvalue weighted by Gasteiger charge is -2.33. The molecule has 1 aliphatic heterocycles. The number of aromatic amines is 1. The van der Waals surface area contributed by atoms with Gasteiger partial charge in [-0.2, -0.15) is 0 Å². The van der Waals surface area contributed by atoms with Crippen LogP contribution in [0.25, 0.3) is 16.5 Å². The number of carbonyl (C=O) groups is 1. The van der Waals surface area contributed by atoms with Crippen molar-refractivity contribution in [2.24, 2.45) is 0 Å². The smallest absolute Gasteiger partial charge is 0.195 e. The van der Waals surface area contributed by atoms with E-state index in [0.717, 1.165) is 64.1 Å². The summed E-state index contributed by atoms with van der Waals surface area (Å²) >= 11 is 0. The fourth-order valence-electron chi connectivity index (χ4n) is 4.76. The Morgan fingerprint density at radius 1 is 1.14 bits per heavy atom. The van der Waals surface area contributed by atoms with Gasteiger partial charge in [-0.3, -0.25) is 4.79 Å². The Bertz CT molecular complexity index is 1200. The topological polar surface area (TPSA) is 80.1 Å². The number of ketones is 1. The van der Waals surface area contributed by atoms with Gasteiger partial charge in [0.25, 0.3) is 0 Å². The van der Waals surface area contributed by atoms with Gasteiger partial charge in [0.1, 0.15) is 5.75 Å². The van der Waals surface area contributed by atoms with Crippen molar-refractivity contribution in [2.45, 2.75) is 25.7 Å². The third kappa shape index (κ3) is 2.54. The molecule has 0 radical (unpaired) electrons. The van der Waals surface area contributed by atoms with Crippen molar-refractivity contribution < 1.29 is 9.53 Å². The van der Waals surface area contributed by atoms with E-state index in [4.69, 9.17) is 10.5 Å². The molecule has 148 valence electrons. The summed E-state index contributed by atoms with van der Waals surface area (Å²) in [6, 6.07) is 9.78. The minimum Gasteiger partial charge on any atom is -0.496 e. The number of carbonyl (C=O) groups excluding carboxylic acids is 1. The SMILES string of the molecule is COc1cc2c(cc1C1=CCNCC1)C(=O)c1c([nH]c3cc(N)ccc13)C2(C)C. The molecule has 0 atom stereocenters. The van der Waals surface area contributed by atoms with E-state index in [1.807, 2.05) is 30.3 Å². The zero-order valence-corrected chi connectivity index (χ0v) is 17.0. The van der Waals surface area contributed by atoms with Gasteiger partial charge in [0.05, 0.1) is 12.7 Å². The number of hydrogen-bond donors (Lipinski definition) is 3. The summed E-state index contributed by atoms with van der Waals surface area (Å²) in [4.78, 5) is 17.1. The summed E-state index contributed by atoms with van der Waals surface area (Å²) in [5.41, 5.74) is 12.9. The molecule has 4 N–H and O–H groups in total. The third-order valence-electron chi connectivity index (χ3n) is 6.34. The minimum absolute atomic E-state index is 0.0591. The standard InChI is InChI=1S/C24H25N3O2/c1-24(2)18-12-20(29-3)16(13-6-8-26-9-7-13)11-17(18)22(28)21-15-5-4-14(25)10-19(15)27-23(21)24/h4-6,10-12,26-27H,7-9,25H2,1-3H3. The summed E-state index contributed by atoms with van der Waals surface area (Å²) in [6.45, 7) is 6.07.